The van der Waals surface area contributed by atoms with Crippen LogP contribution < -0.4 is 10.1 Å². The molecule has 0 spiro atoms. The average Bonchev–Trinajstić information content (AvgIpc) is 2.73. The molecule has 0 amide bonds. The van der Waals surface area contributed by atoms with Crippen LogP contribution in [0.5, 0.6) is 5.75 Å². The predicted molar refractivity (Wildman–Crippen MR) is 106 cm³/mol. The molecule has 0 aliphatic carbocycles. The van der Waals surface area contributed by atoms with Crippen molar-refractivity contribution < 1.29 is 32.5 Å². The number of halogens is 3. The van der Waals surface area contributed by atoms with Gasteiger partial charge in [-0.3, -0.25) is 0 Å². The minimum absolute atomic E-state index is 0.0977. The van der Waals surface area contributed by atoms with Crippen LogP contribution in [0.1, 0.15) is 55.4 Å². The lowest BCUT2D eigenvalue weighted by Crippen LogP contribution is -2.29. The molecule has 3 rings (SSSR count). The van der Waals surface area contributed by atoms with E-state index in [1.165, 1.54) is 18.5 Å². The molecule has 10 heteroatoms. The van der Waals surface area contributed by atoms with Crippen LogP contribution >= 0.6 is 0 Å². The van der Waals surface area contributed by atoms with Crippen molar-refractivity contribution in [3.8, 4) is 5.75 Å². The molecule has 0 saturated carbocycles. The van der Waals surface area contributed by atoms with Gasteiger partial charge >= 0.3 is 6.36 Å². The summed E-state index contributed by atoms with van der Waals surface area (Å²) in [5.74, 6) is 0.331. The lowest BCUT2D eigenvalue weighted by atomic mass is 9.98. The predicted octanol–water partition coefficient (Wildman–Crippen LogP) is 4.43. The summed E-state index contributed by atoms with van der Waals surface area (Å²) in [4.78, 5) is 8.33. The Morgan fingerprint density at radius 2 is 1.97 bits per heavy atom. The molecule has 1 aliphatic heterocycles. The Labute approximate surface area is 178 Å². The summed E-state index contributed by atoms with van der Waals surface area (Å²) in [7, 11) is 0. The van der Waals surface area contributed by atoms with Crippen LogP contribution in [0.3, 0.4) is 0 Å². The van der Waals surface area contributed by atoms with Gasteiger partial charge in [-0.2, -0.15) is 0 Å². The number of ether oxygens (including phenoxy) is 3. The van der Waals surface area contributed by atoms with Crippen LogP contribution in [0.15, 0.2) is 30.6 Å². The zero-order valence-electron chi connectivity index (χ0n) is 17.4. The number of aromatic nitrogens is 2. The second kappa shape index (κ2) is 10.3. The first-order valence-electron chi connectivity index (χ1n) is 10.1. The van der Waals surface area contributed by atoms with E-state index >= 15 is 0 Å². The Bertz CT molecular complexity index is 849. The molecule has 2 N–H and O–H groups in total. The van der Waals surface area contributed by atoms with Gasteiger partial charge < -0.3 is 24.6 Å². The number of alkyl halides is 3. The normalized spacial score (nSPS) is 20.3. The summed E-state index contributed by atoms with van der Waals surface area (Å²) in [6.45, 7) is 4.43. The fourth-order valence-corrected chi connectivity index (χ4v) is 3.52. The summed E-state index contributed by atoms with van der Waals surface area (Å²) in [6.07, 6.45) is -2.21. The van der Waals surface area contributed by atoms with Gasteiger partial charge in [0.1, 0.15) is 23.6 Å². The zero-order valence-corrected chi connectivity index (χ0v) is 17.4. The number of nitrogens with zero attached hydrogens (tertiary/aromatic N) is 2. The minimum Gasteiger partial charge on any atom is -0.406 e. The molecule has 0 bridgehead atoms. The maximum absolute atomic E-state index is 12.3. The lowest BCUT2D eigenvalue weighted by molar-refractivity contribution is -0.274. The maximum Gasteiger partial charge on any atom is 0.573 e. The van der Waals surface area contributed by atoms with Crippen molar-refractivity contribution in [1.29, 1.82) is 0 Å². The van der Waals surface area contributed by atoms with Crippen molar-refractivity contribution in [2.45, 2.75) is 58.0 Å². The largest absolute Gasteiger partial charge is 0.573 e. The van der Waals surface area contributed by atoms with E-state index in [1.807, 2.05) is 0 Å². The van der Waals surface area contributed by atoms with Crippen molar-refractivity contribution in [3.05, 3.63) is 47.4 Å². The van der Waals surface area contributed by atoms with Gasteiger partial charge in [0.05, 0.1) is 12.2 Å². The SMILES string of the molecule is CCOC(O)c1ncnc(NCC2CCCC(c3ccc(OC(F)(F)F)cc3)O2)c1C. The molecule has 1 aliphatic rings. The number of nitrogens with one attached hydrogen (secondary N) is 1. The number of aliphatic hydroxyl groups is 1. The molecule has 170 valence electrons. The van der Waals surface area contributed by atoms with Crippen molar-refractivity contribution in [2.24, 2.45) is 0 Å². The minimum atomic E-state index is -4.71. The second-order valence-corrected chi connectivity index (χ2v) is 7.22. The Morgan fingerprint density at radius 1 is 1.23 bits per heavy atom. The highest BCUT2D eigenvalue weighted by atomic mass is 19.4. The van der Waals surface area contributed by atoms with Crippen molar-refractivity contribution >= 4 is 5.82 Å². The Hall–Kier alpha value is -2.43. The van der Waals surface area contributed by atoms with E-state index in [0.717, 1.165) is 24.8 Å². The van der Waals surface area contributed by atoms with E-state index in [1.54, 1.807) is 26.0 Å². The van der Waals surface area contributed by atoms with Crippen LogP contribution in [0.4, 0.5) is 19.0 Å². The molecule has 7 nitrogen and oxygen atoms in total. The molecule has 3 unspecified atom stereocenters. The smallest absolute Gasteiger partial charge is 0.406 e. The topological polar surface area (TPSA) is 85.7 Å². The van der Waals surface area contributed by atoms with E-state index in [2.05, 4.69) is 20.0 Å². The fourth-order valence-electron chi connectivity index (χ4n) is 3.52. The number of hydrogen-bond donors (Lipinski definition) is 2. The van der Waals surface area contributed by atoms with Crippen molar-refractivity contribution in [2.75, 3.05) is 18.5 Å². The first-order chi connectivity index (χ1) is 14.8. The van der Waals surface area contributed by atoms with Gasteiger partial charge in [0.2, 0.25) is 0 Å². The molecule has 1 saturated heterocycles. The van der Waals surface area contributed by atoms with Gasteiger partial charge in [0.25, 0.3) is 0 Å². The van der Waals surface area contributed by atoms with Crippen LogP contribution in [-0.4, -0.2) is 40.7 Å². The summed E-state index contributed by atoms with van der Waals surface area (Å²) in [5.41, 5.74) is 1.90. The summed E-state index contributed by atoms with van der Waals surface area (Å²) in [5, 5.41) is 13.3. The molecule has 2 heterocycles. The summed E-state index contributed by atoms with van der Waals surface area (Å²) < 4.78 is 52.2. The Morgan fingerprint density at radius 3 is 2.65 bits per heavy atom. The molecule has 2 aromatic rings. The third-order valence-electron chi connectivity index (χ3n) is 5.01. The molecule has 0 radical (unpaired) electrons. The quantitative estimate of drug-likeness (QED) is 0.586. The van der Waals surface area contributed by atoms with Crippen molar-refractivity contribution in [3.63, 3.8) is 0 Å². The van der Waals surface area contributed by atoms with Gasteiger partial charge in [-0.05, 0) is 50.8 Å². The third kappa shape index (κ3) is 6.52. The fraction of sp³-hybridized carbons (Fsp3) is 0.524. The maximum atomic E-state index is 12.3. The number of benzene rings is 1. The lowest BCUT2D eigenvalue weighted by Gasteiger charge is -2.31. The van der Waals surface area contributed by atoms with E-state index in [4.69, 9.17) is 9.47 Å². The number of anilines is 1. The first-order valence-corrected chi connectivity index (χ1v) is 10.1. The standard InChI is InChI=1S/C21H26F3N3O4/c1-3-29-20(28)18-13(2)19(27-12-26-18)25-11-16-5-4-6-17(30-16)14-7-9-15(10-8-14)31-21(22,23)24/h7-10,12,16-17,20,28H,3-6,11H2,1-2H3,(H,25,26,27). The number of rotatable bonds is 8. The first kappa shape index (κ1) is 23.2. The number of aliphatic hydroxyl groups excluding tert-OH is 1. The Kier molecular flexibility index (Phi) is 7.69. The molecule has 31 heavy (non-hydrogen) atoms. The summed E-state index contributed by atoms with van der Waals surface area (Å²) in [6, 6.07) is 5.78. The molecular weight excluding hydrogens is 415 g/mol. The van der Waals surface area contributed by atoms with Crippen LogP contribution in [0.25, 0.3) is 0 Å². The highest BCUT2D eigenvalue weighted by Gasteiger charge is 2.31. The second-order valence-electron chi connectivity index (χ2n) is 7.22. The number of hydrogen-bond acceptors (Lipinski definition) is 7. The van der Waals surface area contributed by atoms with Gasteiger partial charge in [-0.25, -0.2) is 9.97 Å². The molecule has 3 atom stereocenters. The molecule has 1 aromatic heterocycles. The van der Waals surface area contributed by atoms with Gasteiger partial charge in [-0.15, -0.1) is 13.2 Å². The van der Waals surface area contributed by atoms with Crippen LogP contribution in [-0.2, 0) is 9.47 Å². The monoisotopic (exact) mass is 441 g/mol. The zero-order chi connectivity index (χ0) is 22.4. The van der Waals surface area contributed by atoms with Crippen molar-refractivity contribution in [1.82, 2.24) is 9.97 Å². The van der Waals surface area contributed by atoms with Gasteiger partial charge in [0, 0.05) is 18.7 Å². The highest BCUT2D eigenvalue weighted by Crippen LogP contribution is 2.33. The molecule has 1 aromatic carbocycles. The van der Waals surface area contributed by atoms with Gasteiger partial charge in [-0.1, -0.05) is 12.1 Å². The van der Waals surface area contributed by atoms with Crippen LogP contribution in [0, 0.1) is 6.92 Å². The third-order valence-corrected chi connectivity index (χ3v) is 5.01. The van der Waals surface area contributed by atoms with E-state index in [0.29, 0.717) is 30.2 Å². The van der Waals surface area contributed by atoms with Gasteiger partial charge in [0.15, 0.2) is 6.29 Å². The average molecular weight is 441 g/mol. The van der Waals surface area contributed by atoms with Crippen LogP contribution in [0.2, 0.25) is 0 Å². The molecular formula is C21H26F3N3O4. The Balaban J connectivity index is 1.59. The van der Waals surface area contributed by atoms with E-state index in [-0.39, 0.29) is 18.0 Å². The summed E-state index contributed by atoms with van der Waals surface area (Å²) >= 11 is 0. The van der Waals surface area contributed by atoms with E-state index in [9.17, 15) is 18.3 Å². The highest BCUT2D eigenvalue weighted by molar-refractivity contribution is 5.45. The molecule has 1 fully saturated rings. The van der Waals surface area contributed by atoms with E-state index < -0.39 is 12.7 Å².